The van der Waals surface area contributed by atoms with E-state index in [2.05, 4.69) is 45.2 Å². The van der Waals surface area contributed by atoms with Gasteiger partial charge in [0, 0.05) is 55.2 Å². The van der Waals surface area contributed by atoms with Crippen LogP contribution in [0.15, 0.2) is 109 Å². The molecular weight excluding hydrogens is 1320 g/mol. The standard InChI is InChI=1S/C22H16F5N5.C22H15F5N5.2ClH.2Pt/c2*1-21(2,17-7-3-5-15(28-17)13-10-9-12(23)11-14(13)24)18-8-4-6-16(29-18)19-30-20(32-31-19)22(25,26)27;;;;/h3-11H,1-2H3,(H,30,31,32);3-11H,1-2H3;2*1H;;/q;-1;;;;+2/p-2. The largest absolute Gasteiger partial charge is 0 e. The molecule has 0 unspecified atom stereocenters. The van der Waals surface area contributed by atoms with E-state index in [4.69, 9.17) is 18.8 Å². The number of hydrogen-bond donors (Lipinski definition) is 1. The normalized spacial score (nSPS) is 11.8. The second-order valence-corrected chi connectivity index (χ2v) is 18.4. The van der Waals surface area contributed by atoms with Crippen molar-refractivity contribution in [2.45, 2.75) is 50.9 Å². The van der Waals surface area contributed by atoms with E-state index in [1.807, 2.05) is 32.8 Å². The smallest absolute Gasteiger partial charge is 0 e. The van der Waals surface area contributed by atoms with Crippen LogP contribution in [0.25, 0.3) is 45.6 Å². The second kappa shape index (κ2) is 21.9. The molecule has 0 aliphatic rings. The fraction of sp³-hybridized carbons (Fsp3) is 0.182. The van der Waals surface area contributed by atoms with Gasteiger partial charge in [0.2, 0.25) is 5.82 Å². The molecule has 0 spiro atoms. The predicted molar refractivity (Wildman–Crippen MR) is 223 cm³/mol. The van der Waals surface area contributed by atoms with Crippen LogP contribution in [0.5, 0.6) is 0 Å². The van der Waals surface area contributed by atoms with Crippen molar-refractivity contribution in [1.29, 1.82) is 0 Å². The number of H-pyrrole nitrogens is 1. The van der Waals surface area contributed by atoms with Crippen LogP contribution in [0.3, 0.4) is 0 Å². The molecule has 2 aromatic carbocycles. The van der Waals surface area contributed by atoms with Crippen molar-refractivity contribution in [3.8, 4) is 45.6 Å². The summed E-state index contributed by atoms with van der Waals surface area (Å²) in [5.74, 6) is -5.85. The molecule has 0 aliphatic carbocycles. The maximum Gasteiger partial charge on any atom is 0 e. The van der Waals surface area contributed by atoms with Gasteiger partial charge in [-0.3, -0.25) is 25.1 Å². The summed E-state index contributed by atoms with van der Waals surface area (Å²) in [6.07, 6.45) is -9.36. The minimum atomic E-state index is -4.71. The Morgan fingerprint density at radius 3 is 1.29 bits per heavy atom. The van der Waals surface area contributed by atoms with Crippen molar-refractivity contribution >= 4 is 18.8 Å². The van der Waals surface area contributed by atoms with Gasteiger partial charge in [-0.15, -0.1) is 0 Å². The zero-order valence-corrected chi connectivity index (χ0v) is 41.1. The first-order valence-corrected chi connectivity index (χ1v) is 24.7. The number of rotatable bonds is 8. The molecule has 6 aromatic heterocycles. The average Bonchev–Trinajstić information content (AvgIpc) is 4.00. The van der Waals surface area contributed by atoms with Crippen molar-refractivity contribution in [2.24, 2.45) is 0 Å². The number of pyridine rings is 4. The number of nitrogens with zero attached hydrogens (tertiary/aromatic N) is 9. The molecule has 362 valence electrons. The van der Waals surface area contributed by atoms with E-state index in [1.165, 1.54) is 24.3 Å². The van der Waals surface area contributed by atoms with E-state index >= 15 is 0 Å². The number of aromatic amines is 1. The van der Waals surface area contributed by atoms with Crippen LogP contribution in [0.4, 0.5) is 43.9 Å². The summed E-state index contributed by atoms with van der Waals surface area (Å²) in [4.78, 5) is 24.8. The molecular formula is C44H31Cl2F10N10Pt2-. The Morgan fingerprint density at radius 1 is 0.515 bits per heavy atom. The number of halogens is 12. The summed E-state index contributed by atoms with van der Waals surface area (Å²) in [5.41, 5.74) is 1.62. The number of nitrogens with one attached hydrogen (secondary N) is 1. The van der Waals surface area contributed by atoms with Crippen LogP contribution in [0, 0.1) is 23.3 Å². The zero-order valence-electron chi connectivity index (χ0n) is 35.1. The minimum absolute atomic E-state index is 0. The van der Waals surface area contributed by atoms with E-state index in [9.17, 15) is 43.9 Å². The van der Waals surface area contributed by atoms with E-state index in [-0.39, 0.29) is 55.2 Å². The van der Waals surface area contributed by atoms with Gasteiger partial charge in [0.15, 0.2) is 5.82 Å². The van der Waals surface area contributed by atoms with Gasteiger partial charge in [-0.2, -0.15) is 31.4 Å². The van der Waals surface area contributed by atoms with Crippen molar-refractivity contribution in [3.63, 3.8) is 0 Å². The Balaban J connectivity index is 0.000000237. The molecule has 24 heteroatoms. The first kappa shape index (κ1) is 53.5. The molecule has 0 atom stereocenters. The van der Waals surface area contributed by atoms with Gasteiger partial charge in [0.25, 0.3) is 0 Å². The van der Waals surface area contributed by atoms with Gasteiger partial charge < -0.3 is 10.1 Å². The van der Waals surface area contributed by atoms with Gasteiger partial charge in [-0.25, -0.2) is 27.5 Å². The van der Waals surface area contributed by atoms with Crippen LogP contribution in [0.2, 0.25) is 0 Å². The quantitative estimate of drug-likeness (QED) is 0.148. The third-order valence-corrected chi connectivity index (χ3v) is 9.89. The molecule has 8 rings (SSSR count). The van der Waals surface area contributed by atoms with E-state index in [1.54, 1.807) is 60.7 Å². The molecule has 10 nitrogen and oxygen atoms in total. The van der Waals surface area contributed by atoms with Crippen LogP contribution in [-0.4, -0.2) is 45.2 Å². The van der Waals surface area contributed by atoms with E-state index < -0.39 is 74.6 Å². The number of aromatic nitrogens is 10. The Kier molecular flexibility index (Phi) is 17.2. The van der Waals surface area contributed by atoms with Gasteiger partial charge in [0.1, 0.15) is 34.8 Å². The van der Waals surface area contributed by atoms with Crippen LogP contribution < -0.4 is 5.10 Å². The Hall–Kier alpha value is -5.42. The van der Waals surface area contributed by atoms with Crippen LogP contribution in [-0.2, 0) is 60.7 Å². The molecule has 0 saturated heterocycles. The third kappa shape index (κ3) is 12.6. The molecule has 0 saturated carbocycles. The summed E-state index contributed by atoms with van der Waals surface area (Å²) >= 11 is -0.472. The van der Waals surface area contributed by atoms with Gasteiger partial charge in [0.05, 0.1) is 39.9 Å². The minimum Gasteiger partial charge on any atom is 0 e. The molecule has 0 amide bonds. The topological polar surface area (TPSA) is 133 Å². The van der Waals surface area contributed by atoms with Crippen LogP contribution in [0.1, 0.15) is 62.1 Å². The summed E-state index contributed by atoms with van der Waals surface area (Å²) < 4.78 is 132. The Morgan fingerprint density at radius 2 is 0.912 bits per heavy atom. The third-order valence-electron chi connectivity index (χ3n) is 9.89. The van der Waals surface area contributed by atoms with Gasteiger partial charge >= 0.3 is 47.7 Å². The Bertz CT molecular complexity index is 2800. The maximum atomic E-state index is 14.2. The summed E-state index contributed by atoms with van der Waals surface area (Å²) in [5, 5.41) is 12.0. The van der Waals surface area contributed by atoms with Gasteiger partial charge in [-0.1, -0.05) is 24.3 Å². The average molecular weight is 1350 g/mol. The molecule has 0 aliphatic heterocycles. The van der Waals surface area contributed by atoms with E-state index in [0.29, 0.717) is 34.2 Å². The SMILES string of the molecule is CC(C)(c1cccc(-c2n[nH]c(C(F)(F)F)n2)n1)c1cccc(-c2ccc(F)cc2F)n1.CC(C)(c1cccc(-c2nc(C(F)(F)F)n[n-]2)n1)c1cccc(-c2ccc(F)cc2F)n1.[Cl][Pt][Cl].[Pt]. The second-order valence-electron chi connectivity index (χ2n) is 15.1. The molecule has 68 heavy (non-hydrogen) atoms. The molecule has 6 heterocycles. The number of benzene rings is 2. The maximum absolute atomic E-state index is 14.2. The predicted octanol–water partition coefficient (Wildman–Crippen LogP) is 12.1. The van der Waals surface area contributed by atoms with Crippen molar-refractivity contribution in [3.05, 3.63) is 167 Å². The first-order chi connectivity index (χ1) is 31.5. The zero-order chi connectivity index (χ0) is 48.9. The molecule has 0 bridgehead atoms. The molecule has 8 aromatic rings. The first-order valence-electron chi connectivity index (χ1n) is 19.1. The van der Waals surface area contributed by atoms with Crippen molar-refractivity contribution < 1.29 is 81.5 Å². The monoisotopic (exact) mass is 1350 g/mol. The number of hydrogen-bond acceptors (Lipinski definition) is 8. The summed E-state index contributed by atoms with van der Waals surface area (Å²) in [6.45, 7) is 7.28. The molecule has 1 N–H and O–H groups in total. The van der Waals surface area contributed by atoms with Gasteiger partial charge in [-0.05, 0) is 106 Å². The molecule has 0 fully saturated rings. The molecule has 0 radical (unpaired) electrons. The Labute approximate surface area is 411 Å². The van der Waals surface area contributed by atoms with Crippen molar-refractivity contribution in [1.82, 2.24) is 50.3 Å². The number of alkyl halides is 6. The fourth-order valence-corrected chi connectivity index (χ4v) is 6.31. The fourth-order valence-electron chi connectivity index (χ4n) is 6.31. The summed E-state index contributed by atoms with van der Waals surface area (Å²) in [6, 6.07) is 26.1. The van der Waals surface area contributed by atoms with Crippen LogP contribution >= 0.6 is 18.8 Å². The van der Waals surface area contributed by atoms with E-state index in [0.717, 1.165) is 24.3 Å². The van der Waals surface area contributed by atoms with Crippen molar-refractivity contribution in [2.75, 3.05) is 0 Å². The summed E-state index contributed by atoms with van der Waals surface area (Å²) in [7, 11) is 9.75.